The Labute approximate surface area is 283 Å². The van der Waals surface area contributed by atoms with Crippen molar-refractivity contribution in [1.29, 1.82) is 0 Å². The van der Waals surface area contributed by atoms with Crippen molar-refractivity contribution in [3.8, 4) is 5.75 Å². The minimum atomic E-state index is -3.61. The third-order valence-corrected chi connectivity index (χ3v) is 10.6. The molecule has 4 aromatic rings. The van der Waals surface area contributed by atoms with Crippen LogP contribution in [0.2, 0.25) is 0 Å². The predicted octanol–water partition coefficient (Wildman–Crippen LogP) is 4.65. The van der Waals surface area contributed by atoms with Gasteiger partial charge in [0.15, 0.2) is 0 Å². The maximum Gasteiger partial charge on any atom is 0.232 e. The maximum atomic E-state index is 12.7. The molecule has 0 aliphatic carbocycles. The van der Waals surface area contributed by atoms with E-state index in [9.17, 15) is 8.42 Å². The van der Waals surface area contributed by atoms with Gasteiger partial charge in [0.25, 0.3) is 0 Å². The van der Waals surface area contributed by atoms with Crippen LogP contribution in [-0.4, -0.2) is 111 Å². The Kier molecular flexibility index (Phi) is 9.85. The fraction of sp³-hybridized carbons (Fsp3) is 0.471. The van der Waals surface area contributed by atoms with Crippen molar-refractivity contribution < 1.29 is 13.2 Å². The van der Waals surface area contributed by atoms with Crippen molar-refractivity contribution in [2.45, 2.75) is 38.6 Å². The highest BCUT2D eigenvalue weighted by Crippen LogP contribution is 2.38. The molecule has 0 bridgehead atoms. The summed E-state index contributed by atoms with van der Waals surface area (Å²) in [4.78, 5) is 25.8. The van der Waals surface area contributed by atoms with Crippen molar-refractivity contribution in [3.63, 3.8) is 0 Å². The predicted molar refractivity (Wildman–Crippen MR) is 193 cm³/mol. The quantitative estimate of drug-likeness (QED) is 0.243. The lowest BCUT2D eigenvalue weighted by atomic mass is 10.0. The molecule has 2 aliphatic rings. The van der Waals surface area contributed by atoms with Crippen LogP contribution in [0.25, 0.3) is 11.0 Å². The molecule has 2 saturated heterocycles. The Bertz CT molecular complexity index is 1860. The lowest BCUT2D eigenvalue weighted by Gasteiger charge is -2.42. The number of rotatable bonds is 10. The molecule has 2 aromatic carbocycles. The largest absolute Gasteiger partial charge is 0.494 e. The Morgan fingerprint density at radius 3 is 2.33 bits per heavy atom. The van der Waals surface area contributed by atoms with Crippen molar-refractivity contribution >= 4 is 55.6 Å². The zero-order valence-corrected chi connectivity index (χ0v) is 29.5. The lowest BCUT2D eigenvalue weighted by molar-refractivity contribution is 0.0982. The fourth-order valence-corrected chi connectivity index (χ4v) is 7.00. The molecule has 2 fully saturated rings. The van der Waals surface area contributed by atoms with Crippen LogP contribution < -0.4 is 24.6 Å². The van der Waals surface area contributed by atoms with E-state index in [1.54, 1.807) is 37.8 Å². The van der Waals surface area contributed by atoms with Gasteiger partial charge in [-0.2, -0.15) is 4.98 Å². The average Bonchev–Trinajstić information content (AvgIpc) is 3.08. The molecule has 13 nitrogen and oxygen atoms in total. The third kappa shape index (κ3) is 7.25. The summed E-state index contributed by atoms with van der Waals surface area (Å²) in [7, 11) is 1.77. The van der Waals surface area contributed by atoms with Crippen molar-refractivity contribution in [1.82, 2.24) is 29.7 Å². The number of piperazine rings is 1. The number of fused-ring (bicyclic) bond motifs is 1. The van der Waals surface area contributed by atoms with E-state index in [-0.39, 0.29) is 5.92 Å². The molecule has 2 aromatic heterocycles. The number of methoxy groups -OCH3 is 1. The maximum absolute atomic E-state index is 12.7. The normalized spacial score (nSPS) is 16.8. The monoisotopic (exact) mass is 674 g/mol. The van der Waals surface area contributed by atoms with Crippen molar-refractivity contribution in [2.24, 2.45) is 0 Å². The molecule has 2 N–H and O–H groups in total. The molecule has 0 saturated carbocycles. The van der Waals surface area contributed by atoms with Gasteiger partial charge in [-0.1, -0.05) is 13.8 Å². The summed E-state index contributed by atoms with van der Waals surface area (Å²) in [5.74, 6) is 1.71. The molecule has 0 amide bonds. The van der Waals surface area contributed by atoms with Gasteiger partial charge in [0, 0.05) is 88.3 Å². The number of anilines is 6. The number of piperidine rings is 1. The molecule has 2 aliphatic heterocycles. The van der Waals surface area contributed by atoms with Gasteiger partial charge in [0.1, 0.15) is 22.8 Å². The molecule has 48 heavy (non-hydrogen) atoms. The molecule has 0 atom stereocenters. The molecular weight excluding hydrogens is 629 g/mol. The SMILES string of the molecule is COc1cc(N2CCC(N3CCN(C)CC3)CC2)ccc1Nc1ncc(C(C)C)c(Nc2ccc3nccnc3c2N(C)S(C)(=O)=O)n1. The molecule has 4 heterocycles. The van der Waals surface area contributed by atoms with E-state index in [0.717, 1.165) is 75.3 Å². The number of nitrogens with one attached hydrogen (secondary N) is 2. The minimum absolute atomic E-state index is 0.0899. The standard InChI is InChI=1S/C34H46N10O3S/c1-23(2)26-22-37-34(40-33(26)38-29-10-9-28-31(36-14-13-35-28)32(29)42(4)48(6,45)46)39-27-8-7-25(21-30(27)47-5)43-15-11-24(12-16-43)44-19-17-41(3)18-20-44/h7-10,13-14,21-24H,11-12,15-20H2,1-6H3,(H2,37,38,39,40). The van der Waals surface area contributed by atoms with E-state index >= 15 is 0 Å². The van der Waals surface area contributed by atoms with Gasteiger partial charge in [0.05, 0.1) is 30.3 Å². The summed E-state index contributed by atoms with van der Waals surface area (Å²) in [6.07, 6.45) is 8.39. The van der Waals surface area contributed by atoms with Gasteiger partial charge in [0.2, 0.25) is 16.0 Å². The van der Waals surface area contributed by atoms with Crippen LogP contribution in [0.3, 0.4) is 0 Å². The second kappa shape index (κ2) is 14.1. The second-order valence-corrected chi connectivity index (χ2v) is 15.0. The summed E-state index contributed by atoms with van der Waals surface area (Å²) >= 11 is 0. The summed E-state index contributed by atoms with van der Waals surface area (Å²) < 4.78 is 32.4. The second-order valence-electron chi connectivity index (χ2n) is 13.0. The number of sulfonamides is 1. The van der Waals surface area contributed by atoms with E-state index in [2.05, 4.69) is 73.3 Å². The average molecular weight is 675 g/mol. The van der Waals surface area contributed by atoms with Gasteiger partial charge in [-0.05, 0) is 50.1 Å². The molecule has 0 radical (unpaired) electrons. The zero-order chi connectivity index (χ0) is 34.0. The molecule has 6 rings (SSSR count). The molecule has 256 valence electrons. The summed E-state index contributed by atoms with van der Waals surface area (Å²) in [6, 6.07) is 10.4. The number of ether oxygens (including phenoxy) is 1. The Morgan fingerprint density at radius 1 is 0.938 bits per heavy atom. The molecule has 0 spiro atoms. The molecule has 0 unspecified atom stereocenters. The Hall–Kier alpha value is -4.27. The van der Waals surface area contributed by atoms with Crippen LogP contribution in [0.5, 0.6) is 5.75 Å². The first kappa shape index (κ1) is 33.6. The number of hydrogen-bond acceptors (Lipinski definition) is 12. The Balaban J connectivity index is 1.23. The van der Waals surface area contributed by atoms with Gasteiger partial charge in [-0.3, -0.25) is 19.2 Å². The first-order valence-electron chi connectivity index (χ1n) is 16.5. The number of hydrogen-bond donors (Lipinski definition) is 2. The van der Waals surface area contributed by atoms with E-state index in [4.69, 9.17) is 9.72 Å². The van der Waals surface area contributed by atoms with Gasteiger partial charge in [-0.25, -0.2) is 13.4 Å². The van der Waals surface area contributed by atoms with Crippen LogP contribution >= 0.6 is 0 Å². The lowest BCUT2D eigenvalue weighted by Crippen LogP contribution is -2.52. The highest BCUT2D eigenvalue weighted by molar-refractivity contribution is 7.92. The van der Waals surface area contributed by atoms with E-state index in [0.29, 0.717) is 46.0 Å². The highest BCUT2D eigenvalue weighted by Gasteiger charge is 2.27. The number of nitrogens with zero attached hydrogens (tertiary/aromatic N) is 8. The summed E-state index contributed by atoms with van der Waals surface area (Å²) in [5.41, 5.74) is 4.71. The third-order valence-electron chi connectivity index (χ3n) is 9.43. The molecule has 14 heteroatoms. The number of benzene rings is 2. The van der Waals surface area contributed by atoms with Crippen molar-refractivity contribution in [3.05, 3.63) is 54.5 Å². The van der Waals surface area contributed by atoms with Crippen LogP contribution in [0, 0.1) is 0 Å². The highest BCUT2D eigenvalue weighted by atomic mass is 32.2. The number of likely N-dealkylation sites (N-methyl/N-ethyl adjacent to an activating group) is 1. The minimum Gasteiger partial charge on any atom is -0.494 e. The van der Waals surface area contributed by atoms with Crippen LogP contribution in [0.15, 0.2) is 48.9 Å². The van der Waals surface area contributed by atoms with Crippen LogP contribution in [0.4, 0.5) is 34.5 Å². The zero-order valence-electron chi connectivity index (χ0n) is 28.6. The van der Waals surface area contributed by atoms with Crippen LogP contribution in [0.1, 0.15) is 38.2 Å². The fourth-order valence-electron chi connectivity index (χ4n) is 6.49. The van der Waals surface area contributed by atoms with Crippen molar-refractivity contribution in [2.75, 3.05) is 86.6 Å². The number of aromatic nitrogens is 4. The summed E-state index contributed by atoms with van der Waals surface area (Å²) in [5, 5.41) is 6.74. The first-order chi connectivity index (χ1) is 23.0. The van der Waals surface area contributed by atoms with Gasteiger partial charge in [-0.15, -0.1) is 0 Å². The Morgan fingerprint density at radius 2 is 1.65 bits per heavy atom. The van der Waals surface area contributed by atoms with E-state index < -0.39 is 10.0 Å². The van der Waals surface area contributed by atoms with Gasteiger partial charge >= 0.3 is 0 Å². The smallest absolute Gasteiger partial charge is 0.232 e. The van der Waals surface area contributed by atoms with Gasteiger partial charge < -0.3 is 25.2 Å². The topological polar surface area (TPSA) is 132 Å². The van der Waals surface area contributed by atoms with E-state index in [1.807, 2.05) is 6.07 Å². The first-order valence-corrected chi connectivity index (χ1v) is 18.3. The summed E-state index contributed by atoms with van der Waals surface area (Å²) in [6.45, 7) is 10.7. The van der Waals surface area contributed by atoms with Crippen LogP contribution in [-0.2, 0) is 10.0 Å². The molecular formula is C34H46N10O3S. The van der Waals surface area contributed by atoms with E-state index in [1.165, 1.54) is 11.4 Å².